The van der Waals surface area contributed by atoms with Crippen molar-refractivity contribution in [3.8, 4) is 0 Å². The first kappa shape index (κ1) is 15.3. The molecule has 1 aromatic rings. The predicted molar refractivity (Wildman–Crippen MR) is 65.1 cm³/mol. The summed E-state index contributed by atoms with van der Waals surface area (Å²) in [6, 6.07) is -0.791. The van der Waals surface area contributed by atoms with E-state index in [0.717, 1.165) is 18.4 Å². The van der Waals surface area contributed by atoms with E-state index in [-0.39, 0.29) is 10.7 Å². The quantitative estimate of drug-likeness (QED) is 0.701. The normalized spacial score (nSPS) is 12.7. The molecule has 1 heterocycles. The average molecular weight is 309 g/mol. The van der Waals surface area contributed by atoms with Crippen LogP contribution in [-0.2, 0) is 14.9 Å². The van der Waals surface area contributed by atoms with Crippen molar-refractivity contribution in [3.63, 3.8) is 0 Å². The van der Waals surface area contributed by atoms with Crippen LogP contribution in [0.15, 0.2) is 5.38 Å². The van der Waals surface area contributed by atoms with Gasteiger partial charge in [0.1, 0.15) is 5.01 Å². The van der Waals surface area contributed by atoms with Gasteiger partial charge in [-0.1, -0.05) is 0 Å². The molecule has 19 heavy (non-hydrogen) atoms. The van der Waals surface area contributed by atoms with Crippen LogP contribution in [0.2, 0.25) is 0 Å². The van der Waals surface area contributed by atoms with Gasteiger partial charge in [-0.05, 0) is 6.92 Å². The van der Waals surface area contributed by atoms with Crippen LogP contribution in [0.5, 0.6) is 0 Å². The Bertz CT molecular complexity index is 581. The molecule has 1 rings (SSSR count). The van der Waals surface area contributed by atoms with Crippen molar-refractivity contribution in [3.05, 3.63) is 16.1 Å². The fraction of sp³-hybridized carbons (Fsp3) is 0.375. The maximum absolute atomic E-state index is 11.5. The molecular weight excluding hydrogens is 298 g/mol. The van der Waals surface area contributed by atoms with E-state index >= 15 is 0 Å². The molecule has 0 bridgehead atoms. The summed E-state index contributed by atoms with van der Waals surface area (Å²) >= 11 is 0.988. The molecule has 1 unspecified atom stereocenters. The molecule has 1 amide bonds. The number of rotatable bonds is 5. The zero-order valence-corrected chi connectivity index (χ0v) is 11.5. The summed E-state index contributed by atoms with van der Waals surface area (Å²) in [7, 11) is -3.08. The van der Waals surface area contributed by atoms with Crippen molar-refractivity contribution in [2.45, 2.75) is 13.0 Å². The van der Waals surface area contributed by atoms with Gasteiger partial charge >= 0.3 is 22.3 Å². The van der Waals surface area contributed by atoms with E-state index in [9.17, 15) is 18.0 Å². The lowest BCUT2D eigenvalue weighted by Gasteiger charge is -2.11. The molecule has 9 nitrogen and oxygen atoms in total. The SMILES string of the molecule is COC(=O)NS(=O)(=O)NC(C)c1nc(C(=O)O)cs1. The Hall–Kier alpha value is -1.72. The van der Waals surface area contributed by atoms with Crippen molar-refractivity contribution in [2.75, 3.05) is 7.11 Å². The van der Waals surface area contributed by atoms with Crippen molar-refractivity contribution >= 4 is 33.6 Å². The summed E-state index contributed by atoms with van der Waals surface area (Å²) in [5.74, 6) is -1.20. The lowest BCUT2D eigenvalue weighted by Crippen LogP contribution is -2.41. The number of carboxylic acid groups (broad SMARTS) is 1. The minimum atomic E-state index is -4.11. The van der Waals surface area contributed by atoms with Gasteiger partial charge in [0.05, 0.1) is 13.2 Å². The number of ether oxygens (including phenoxy) is 1. The largest absolute Gasteiger partial charge is 0.476 e. The smallest absolute Gasteiger partial charge is 0.421 e. The highest BCUT2D eigenvalue weighted by Crippen LogP contribution is 2.18. The predicted octanol–water partition coefficient (Wildman–Crippen LogP) is 0.0927. The van der Waals surface area contributed by atoms with E-state index < -0.39 is 28.3 Å². The van der Waals surface area contributed by atoms with E-state index in [4.69, 9.17) is 5.11 Å². The fourth-order valence-corrected chi connectivity index (χ4v) is 2.86. The second-order valence-corrected chi connectivity index (χ2v) is 5.65. The number of carbonyl (C=O) groups is 2. The number of carbonyl (C=O) groups excluding carboxylic acids is 1. The number of hydrogen-bond acceptors (Lipinski definition) is 7. The van der Waals surface area contributed by atoms with Crippen LogP contribution < -0.4 is 9.44 Å². The van der Waals surface area contributed by atoms with E-state index in [1.54, 1.807) is 4.72 Å². The number of thiazole rings is 1. The van der Waals surface area contributed by atoms with E-state index in [1.807, 2.05) is 0 Å². The minimum Gasteiger partial charge on any atom is -0.476 e. The van der Waals surface area contributed by atoms with E-state index in [0.29, 0.717) is 0 Å². The van der Waals surface area contributed by atoms with Gasteiger partial charge in [0, 0.05) is 5.38 Å². The number of aromatic carboxylic acids is 1. The van der Waals surface area contributed by atoms with Crippen molar-refractivity contribution in [1.82, 2.24) is 14.4 Å². The van der Waals surface area contributed by atoms with Crippen LogP contribution in [0.3, 0.4) is 0 Å². The second kappa shape index (κ2) is 5.95. The van der Waals surface area contributed by atoms with Crippen molar-refractivity contribution in [1.29, 1.82) is 0 Å². The molecule has 0 spiro atoms. The molecule has 0 radical (unpaired) electrons. The molecule has 0 aromatic carbocycles. The Balaban J connectivity index is 2.75. The van der Waals surface area contributed by atoms with Gasteiger partial charge in [-0.2, -0.15) is 13.1 Å². The third kappa shape index (κ3) is 4.46. The molecular formula is C8H11N3O6S2. The first-order valence-corrected chi connectivity index (χ1v) is 7.18. The van der Waals surface area contributed by atoms with Gasteiger partial charge in [-0.15, -0.1) is 11.3 Å². The maximum Gasteiger partial charge on any atom is 0.421 e. The number of nitrogens with one attached hydrogen (secondary N) is 2. The van der Waals surface area contributed by atoms with E-state index in [2.05, 4.69) is 14.4 Å². The van der Waals surface area contributed by atoms with Gasteiger partial charge in [0.2, 0.25) is 0 Å². The molecule has 3 N–H and O–H groups in total. The Morgan fingerprint density at radius 2 is 2.16 bits per heavy atom. The van der Waals surface area contributed by atoms with Crippen LogP contribution in [0.25, 0.3) is 0 Å². The number of amides is 1. The van der Waals surface area contributed by atoms with Crippen molar-refractivity contribution < 1.29 is 27.9 Å². The summed E-state index contributed by atoms with van der Waals surface area (Å²) in [6.45, 7) is 1.46. The second-order valence-electron chi connectivity index (χ2n) is 3.31. The highest BCUT2D eigenvalue weighted by atomic mass is 32.2. The zero-order chi connectivity index (χ0) is 14.6. The van der Waals surface area contributed by atoms with Gasteiger partial charge in [0.25, 0.3) is 0 Å². The lowest BCUT2D eigenvalue weighted by molar-refractivity contribution is 0.0691. The van der Waals surface area contributed by atoms with Gasteiger partial charge in [0.15, 0.2) is 5.69 Å². The fourth-order valence-electron chi connectivity index (χ4n) is 1.05. The molecule has 0 aliphatic carbocycles. The summed E-state index contributed by atoms with van der Waals surface area (Å²) < 4.78 is 30.8. The lowest BCUT2D eigenvalue weighted by atomic mass is 10.4. The monoisotopic (exact) mass is 309 g/mol. The van der Waals surface area contributed by atoms with Gasteiger partial charge in [-0.25, -0.2) is 19.3 Å². The molecule has 0 aliphatic rings. The van der Waals surface area contributed by atoms with Crippen LogP contribution in [0.1, 0.15) is 28.5 Å². The first-order valence-electron chi connectivity index (χ1n) is 4.82. The highest BCUT2D eigenvalue weighted by Gasteiger charge is 2.21. The number of nitrogens with zero attached hydrogens (tertiary/aromatic N) is 1. The number of carboxylic acids is 1. The molecule has 0 aliphatic heterocycles. The summed E-state index contributed by atoms with van der Waals surface area (Å²) in [5, 5.41) is 10.2. The third-order valence-corrected chi connectivity index (χ3v) is 3.97. The number of aromatic nitrogens is 1. The van der Waals surface area contributed by atoms with E-state index in [1.165, 1.54) is 12.3 Å². The highest BCUT2D eigenvalue weighted by molar-refractivity contribution is 7.88. The average Bonchev–Trinajstić information content (AvgIpc) is 2.76. The van der Waals surface area contributed by atoms with Crippen LogP contribution in [0, 0.1) is 0 Å². The molecule has 1 atom stereocenters. The molecule has 0 fully saturated rings. The summed E-state index contributed by atoms with van der Waals surface area (Å²) in [5.41, 5.74) is -0.174. The summed E-state index contributed by atoms with van der Waals surface area (Å²) in [4.78, 5) is 25.2. The van der Waals surface area contributed by atoms with Crippen LogP contribution >= 0.6 is 11.3 Å². The van der Waals surface area contributed by atoms with Gasteiger partial charge < -0.3 is 9.84 Å². The molecule has 0 saturated heterocycles. The Morgan fingerprint density at radius 1 is 1.53 bits per heavy atom. The standard InChI is InChI=1S/C8H11N3O6S2/c1-4(6-9-5(3-18-6)7(12)13)10-19(15,16)11-8(14)17-2/h3-4,10H,1-2H3,(H,11,14)(H,12,13). The Labute approximate surface area is 112 Å². The van der Waals surface area contributed by atoms with Gasteiger partial charge in [-0.3, -0.25) is 0 Å². The first-order chi connectivity index (χ1) is 8.75. The van der Waals surface area contributed by atoms with Crippen LogP contribution in [-0.4, -0.2) is 37.7 Å². The minimum absolute atomic E-state index is 0.174. The Morgan fingerprint density at radius 3 is 2.63 bits per heavy atom. The maximum atomic E-state index is 11.5. The van der Waals surface area contributed by atoms with Crippen LogP contribution in [0.4, 0.5) is 4.79 Å². The molecule has 106 valence electrons. The number of hydrogen-bond donors (Lipinski definition) is 3. The topological polar surface area (TPSA) is 135 Å². The zero-order valence-electron chi connectivity index (χ0n) is 9.91. The molecule has 11 heteroatoms. The van der Waals surface area contributed by atoms with Crippen molar-refractivity contribution in [2.24, 2.45) is 0 Å². The third-order valence-electron chi connectivity index (χ3n) is 1.85. The number of methoxy groups -OCH3 is 1. The Kier molecular flexibility index (Phi) is 4.80. The molecule has 0 saturated carbocycles. The summed E-state index contributed by atoms with van der Waals surface area (Å²) in [6.07, 6.45) is -1.13. The molecule has 1 aromatic heterocycles.